The van der Waals surface area contributed by atoms with Crippen LogP contribution in [-0.2, 0) is 9.59 Å². The predicted molar refractivity (Wildman–Crippen MR) is 39.7 cm³/mol. The molecule has 2 fully saturated rings. The third-order valence-corrected chi connectivity index (χ3v) is 2.82. The van der Waals surface area contributed by atoms with Crippen LogP contribution in [0.5, 0.6) is 0 Å². The number of carbonyl (C=O) groups is 1. The van der Waals surface area contributed by atoms with Crippen molar-refractivity contribution in [2.24, 2.45) is 11.3 Å². The van der Waals surface area contributed by atoms with E-state index in [2.05, 4.69) is 0 Å². The summed E-state index contributed by atoms with van der Waals surface area (Å²) in [7, 11) is 0. The van der Waals surface area contributed by atoms with Crippen molar-refractivity contribution in [1.29, 1.82) is 0 Å². The molecule has 1 radical (unpaired) electrons. The van der Waals surface area contributed by atoms with E-state index in [9.17, 15) is 9.59 Å². The lowest BCUT2D eigenvalue weighted by Crippen LogP contribution is -2.40. The molecule has 2 heteroatoms. The lowest BCUT2D eigenvalue weighted by molar-refractivity contribution is -0.129. The van der Waals surface area contributed by atoms with Crippen LogP contribution in [0.3, 0.4) is 0 Å². The van der Waals surface area contributed by atoms with Crippen LogP contribution in [0.2, 0.25) is 0 Å². The van der Waals surface area contributed by atoms with E-state index in [0.29, 0.717) is 0 Å². The summed E-state index contributed by atoms with van der Waals surface area (Å²) in [6.45, 7) is 0. The Balaban J connectivity index is 2.09. The van der Waals surface area contributed by atoms with E-state index >= 15 is 0 Å². The molecule has 0 heterocycles. The standard InChI is InChI=1S/C9H11O2/c10-6-9(4-1-5-9)8(11)7-2-3-7/h7H,1-5H2. The minimum atomic E-state index is -0.638. The first-order chi connectivity index (χ1) is 5.28. The van der Waals surface area contributed by atoms with Gasteiger partial charge in [0.25, 0.3) is 0 Å². The molecule has 0 aromatic rings. The predicted octanol–water partition coefficient (Wildman–Crippen LogP) is 1.25. The number of ketones is 1. The SMILES string of the molecule is O=[C]C1(C(=O)C2CC2)CCC1. The first-order valence-electron chi connectivity index (χ1n) is 4.22. The highest BCUT2D eigenvalue weighted by molar-refractivity contribution is 6.01. The van der Waals surface area contributed by atoms with Crippen molar-refractivity contribution in [2.75, 3.05) is 0 Å². The minimum absolute atomic E-state index is 0.179. The maximum absolute atomic E-state index is 11.5. The molecule has 2 rings (SSSR count). The molecule has 0 unspecified atom stereocenters. The molecule has 2 aliphatic rings. The van der Waals surface area contributed by atoms with Gasteiger partial charge in [-0.25, -0.2) is 0 Å². The number of Topliss-reactive ketones (excluding diaryl/α,β-unsaturated/α-hetero) is 1. The summed E-state index contributed by atoms with van der Waals surface area (Å²) in [6, 6.07) is 0. The van der Waals surface area contributed by atoms with E-state index in [-0.39, 0.29) is 11.7 Å². The molecule has 2 aliphatic carbocycles. The van der Waals surface area contributed by atoms with E-state index in [1.165, 1.54) is 0 Å². The Morgan fingerprint density at radius 2 is 2.00 bits per heavy atom. The van der Waals surface area contributed by atoms with Gasteiger partial charge in [-0.05, 0) is 25.7 Å². The Morgan fingerprint density at radius 1 is 1.36 bits per heavy atom. The zero-order chi connectivity index (χ0) is 7.90. The second kappa shape index (κ2) is 2.16. The molecule has 2 nitrogen and oxygen atoms in total. The van der Waals surface area contributed by atoms with Crippen LogP contribution in [0.1, 0.15) is 32.1 Å². The normalized spacial score (nSPS) is 27.3. The van der Waals surface area contributed by atoms with Crippen LogP contribution in [0.15, 0.2) is 0 Å². The molecule has 0 bridgehead atoms. The Hall–Kier alpha value is -0.660. The van der Waals surface area contributed by atoms with Gasteiger partial charge in [-0.1, -0.05) is 6.42 Å². The first kappa shape index (κ1) is 7.01. The van der Waals surface area contributed by atoms with Crippen molar-refractivity contribution in [1.82, 2.24) is 0 Å². The second-order valence-corrected chi connectivity index (χ2v) is 3.68. The quantitative estimate of drug-likeness (QED) is 0.569. The number of hydrogen-bond donors (Lipinski definition) is 0. The Morgan fingerprint density at radius 3 is 2.27 bits per heavy atom. The lowest BCUT2D eigenvalue weighted by Gasteiger charge is -2.34. The summed E-state index contributed by atoms with van der Waals surface area (Å²) in [6.07, 6.45) is 6.47. The maximum Gasteiger partial charge on any atom is 0.212 e. The molecule has 0 aromatic carbocycles. The van der Waals surface area contributed by atoms with Gasteiger partial charge in [0.1, 0.15) is 5.78 Å². The Kier molecular flexibility index (Phi) is 1.38. The summed E-state index contributed by atoms with van der Waals surface area (Å²) in [4.78, 5) is 22.0. The fourth-order valence-electron chi connectivity index (χ4n) is 1.67. The van der Waals surface area contributed by atoms with Gasteiger partial charge < -0.3 is 0 Å². The average molecular weight is 151 g/mol. The average Bonchev–Trinajstić information content (AvgIpc) is 2.66. The van der Waals surface area contributed by atoms with Crippen molar-refractivity contribution in [3.8, 4) is 0 Å². The highest BCUT2D eigenvalue weighted by Gasteiger charge is 2.50. The number of hydrogen-bond acceptors (Lipinski definition) is 2. The van der Waals surface area contributed by atoms with E-state index < -0.39 is 5.41 Å². The van der Waals surface area contributed by atoms with Gasteiger partial charge >= 0.3 is 0 Å². The van der Waals surface area contributed by atoms with Crippen molar-refractivity contribution < 1.29 is 9.59 Å². The van der Waals surface area contributed by atoms with E-state index in [1.54, 1.807) is 0 Å². The molecule has 11 heavy (non-hydrogen) atoms. The van der Waals surface area contributed by atoms with Crippen LogP contribution in [0.4, 0.5) is 0 Å². The highest BCUT2D eigenvalue weighted by atomic mass is 16.1. The topological polar surface area (TPSA) is 34.1 Å². The monoisotopic (exact) mass is 151 g/mol. The highest BCUT2D eigenvalue weighted by Crippen LogP contribution is 2.46. The third kappa shape index (κ3) is 0.924. The van der Waals surface area contributed by atoms with Crippen molar-refractivity contribution in [3.05, 3.63) is 0 Å². The molecule has 0 N–H and O–H groups in total. The summed E-state index contributed by atoms with van der Waals surface area (Å²) < 4.78 is 0. The second-order valence-electron chi connectivity index (χ2n) is 3.68. The maximum atomic E-state index is 11.5. The van der Waals surface area contributed by atoms with Crippen molar-refractivity contribution in [3.63, 3.8) is 0 Å². The summed E-state index contributed by atoms with van der Waals surface area (Å²) in [5, 5.41) is 0. The number of carbonyl (C=O) groups excluding carboxylic acids is 2. The third-order valence-electron chi connectivity index (χ3n) is 2.82. The fraction of sp³-hybridized carbons (Fsp3) is 0.778. The zero-order valence-corrected chi connectivity index (χ0v) is 6.43. The van der Waals surface area contributed by atoms with Crippen molar-refractivity contribution in [2.45, 2.75) is 32.1 Å². The summed E-state index contributed by atoms with van der Waals surface area (Å²) >= 11 is 0. The summed E-state index contributed by atoms with van der Waals surface area (Å²) in [5.74, 6) is 0.399. The molecule has 0 aliphatic heterocycles. The smallest absolute Gasteiger partial charge is 0.212 e. The van der Waals surface area contributed by atoms with Crippen LogP contribution in [0.25, 0.3) is 0 Å². The van der Waals surface area contributed by atoms with Crippen LogP contribution in [-0.4, -0.2) is 12.1 Å². The Bertz CT molecular complexity index is 200. The van der Waals surface area contributed by atoms with Gasteiger partial charge in [0.05, 0.1) is 5.41 Å². The molecule has 0 saturated heterocycles. The lowest BCUT2D eigenvalue weighted by atomic mass is 9.66. The molecule has 59 valence electrons. The molecular weight excluding hydrogens is 140 g/mol. The molecule has 0 aromatic heterocycles. The van der Waals surface area contributed by atoms with E-state index in [1.807, 2.05) is 6.29 Å². The molecule has 0 spiro atoms. The van der Waals surface area contributed by atoms with Gasteiger partial charge in [0, 0.05) is 5.92 Å². The van der Waals surface area contributed by atoms with Crippen LogP contribution in [0, 0.1) is 11.3 Å². The number of rotatable bonds is 3. The van der Waals surface area contributed by atoms with Crippen LogP contribution < -0.4 is 0 Å². The molecular formula is C9H11O2. The van der Waals surface area contributed by atoms with Gasteiger partial charge in [-0.15, -0.1) is 0 Å². The molecule has 0 atom stereocenters. The van der Waals surface area contributed by atoms with Gasteiger partial charge in [0.15, 0.2) is 0 Å². The fourth-order valence-corrected chi connectivity index (χ4v) is 1.67. The van der Waals surface area contributed by atoms with E-state index in [4.69, 9.17) is 0 Å². The summed E-state index contributed by atoms with van der Waals surface area (Å²) in [5.41, 5.74) is -0.638. The Labute approximate surface area is 66.0 Å². The van der Waals surface area contributed by atoms with Crippen molar-refractivity contribution >= 4 is 12.1 Å². The van der Waals surface area contributed by atoms with Gasteiger partial charge in [-0.3, -0.25) is 9.59 Å². The first-order valence-corrected chi connectivity index (χ1v) is 4.22. The van der Waals surface area contributed by atoms with E-state index in [0.717, 1.165) is 32.1 Å². The van der Waals surface area contributed by atoms with Gasteiger partial charge in [-0.2, -0.15) is 0 Å². The zero-order valence-electron chi connectivity index (χ0n) is 6.43. The van der Waals surface area contributed by atoms with Crippen LogP contribution >= 0.6 is 0 Å². The minimum Gasteiger partial charge on any atom is -0.298 e. The molecule has 0 amide bonds. The largest absolute Gasteiger partial charge is 0.298 e. The molecule has 2 saturated carbocycles. The van der Waals surface area contributed by atoms with Gasteiger partial charge in [0.2, 0.25) is 6.29 Å².